The lowest BCUT2D eigenvalue weighted by molar-refractivity contribution is -0.134. The van der Waals surface area contributed by atoms with Crippen LogP contribution in [0.3, 0.4) is 0 Å². The third-order valence-corrected chi connectivity index (χ3v) is 6.53. The average Bonchev–Trinajstić information content (AvgIpc) is 2.79. The predicted molar refractivity (Wildman–Crippen MR) is 93.5 cm³/mol. The van der Waals surface area contributed by atoms with E-state index >= 15 is 0 Å². The molecule has 1 unspecified atom stereocenters. The molecule has 0 radical (unpaired) electrons. The first-order valence-electron chi connectivity index (χ1n) is 7.90. The number of halogens is 1. The SMILES string of the molecule is CCN(C(=O)CC(C)(C)c1ccc(Cl)cc1)C1CCS(=O)(=O)C1. The number of nitrogens with zero attached hydrogens (tertiary/aromatic N) is 1. The van der Waals surface area contributed by atoms with E-state index in [4.69, 9.17) is 11.6 Å². The van der Waals surface area contributed by atoms with Gasteiger partial charge in [0.15, 0.2) is 9.84 Å². The van der Waals surface area contributed by atoms with Crippen LogP contribution in [0.25, 0.3) is 0 Å². The maximum atomic E-state index is 12.7. The van der Waals surface area contributed by atoms with Crippen molar-refractivity contribution in [2.45, 2.75) is 45.1 Å². The first-order valence-corrected chi connectivity index (χ1v) is 10.1. The van der Waals surface area contributed by atoms with Gasteiger partial charge in [0.2, 0.25) is 5.91 Å². The highest BCUT2D eigenvalue weighted by Crippen LogP contribution is 2.30. The smallest absolute Gasteiger partial charge is 0.223 e. The van der Waals surface area contributed by atoms with Crippen LogP contribution >= 0.6 is 11.6 Å². The van der Waals surface area contributed by atoms with Gasteiger partial charge in [-0.25, -0.2) is 8.42 Å². The minimum atomic E-state index is -2.99. The first-order chi connectivity index (χ1) is 10.6. The summed E-state index contributed by atoms with van der Waals surface area (Å²) in [6.45, 7) is 6.48. The van der Waals surface area contributed by atoms with Crippen LogP contribution in [0, 0.1) is 0 Å². The normalized spacial score (nSPS) is 20.4. The topological polar surface area (TPSA) is 54.5 Å². The van der Waals surface area contributed by atoms with Crippen LogP contribution < -0.4 is 0 Å². The van der Waals surface area contributed by atoms with Crippen LogP contribution in [-0.2, 0) is 20.0 Å². The number of carbonyl (C=O) groups is 1. The van der Waals surface area contributed by atoms with E-state index in [0.29, 0.717) is 24.4 Å². The summed E-state index contributed by atoms with van der Waals surface area (Å²) < 4.78 is 23.3. The molecule has 1 amide bonds. The molecule has 0 aromatic heterocycles. The van der Waals surface area contributed by atoms with Crippen LogP contribution in [-0.4, -0.2) is 43.3 Å². The molecule has 1 atom stereocenters. The number of hydrogen-bond donors (Lipinski definition) is 0. The Hall–Kier alpha value is -1.07. The third kappa shape index (κ3) is 4.48. The van der Waals surface area contributed by atoms with E-state index < -0.39 is 9.84 Å². The van der Waals surface area contributed by atoms with Crippen molar-refractivity contribution in [2.75, 3.05) is 18.1 Å². The minimum Gasteiger partial charge on any atom is -0.339 e. The number of rotatable bonds is 5. The summed E-state index contributed by atoms with van der Waals surface area (Å²) in [5, 5.41) is 0.669. The van der Waals surface area contributed by atoms with Gasteiger partial charge in [-0.15, -0.1) is 0 Å². The summed E-state index contributed by atoms with van der Waals surface area (Å²) >= 11 is 5.92. The molecule has 0 bridgehead atoms. The van der Waals surface area contributed by atoms with E-state index in [-0.39, 0.29) is 28.9 Å². The molecule has 0 N–H and O–H groups in total. The Balaban J connectivity index is 2.11. The molecule has 4 nitrogen and oxygen atoms in total. The van der Waals surface area contributed by atoms with Gasteiger partial charge in [0.25, 0.3) is 0 Å². The molecule has 6 heteroatoms. The number of hydrogen-bond acceptors (Lipinski definition) is 3. The van der Waals surface area contributed by atoms with Gasteiger partial charge in [0, 0.05) is 24.0 Å². The molecule has 1 aliphatic heterocycles. The van der Waals surface area contributed by atoms with Crippen LogP contribution in [0.5, 0.6) is 0 Å². The van der Waals surface area contributed by atoms with Crippen molar-refractivity contribution in [3.05, 3.63) is 34.9 Å². The lowest BCUT2D eigenvalue weighted by Gasteiger charge is -2.32. The summed E-state index contributed by atoms with van der Waals surface area (Å²) in [6, 6.07) is 7.34. The lowest BCUT2D eigenvalue weighted by atomic mass is 9.81. The second-order valence-corrected chi connectivity index (χ2v) is 9.47. The van der Waals surface area contributed by atoms with Gasteiger partial charge in [0.1, 0.15) is 0 Å². The van der Waals surface area contributed by atoms with Crippen LogP contribution in [0.15, 0.2) is 24.3 Å². The van der Waals surface area contributed by atoms with Gasteiger partial charge in [-0.05, 0) is 36.5 Å². The quantitative estimate of drug-likeness (QED) is 0.813. The van der Waals surface area contributed by atoms with Crippen molar-refractivity contribution >= 4 is 27.3 Å². The molecular formula is C17H24ClNO3S. The molecule has 1 heterocycles. The molecule has 0 saturated carbocycles. The van der Waals surface area contributed by atoms with Gasteiger partial charge in [0.05, 0.1) is 11.5 Å². The number of sulfone groups is 1. The molecule has 23 heavy (non-hydrogen) atoms. The van der Waals surface area contributed by atoms with Crippen LogP contribution in [0.2, 0.25) is 5.02 Å². The molecular weight excluding hydrogens is 334 g/mol. The van der Waals surface area contributed by atoms with E-state index in [2.05, 4.69) is 0 Å². The summed E-state index contributed by atoms with van der Waals surface area (Å²) in [5.74, 6) is 0.283. The zero-order valence-electron chi connectivity index (χ0n) is 13.9. The minimum absolute atomic E-state index is 0.00884. The molecule has 1 aromatic rings. The Kier molecular flexibility index (Phi) is 5.41. The number of carbonyl (C=O) groups excluding carboxylic acids is 1. The predicted octanol–water partition coefficient (Wildman–Crippen LogP) is 3.04. The Morgan fingerprint density at radius 2 is 1.91 bits per heavy atom. The fraction of sp³-hybridized carbons (Fsp3) is 0.588. The fourth-order valence-electron chi connectivity index (χ4n) is 3.14. The molecule has 1 aromatic carbocycles. The molecule has 0 aliphatic carbocycles. The molecule has 1 fully saturated rings. The van der Waals surface area contributed by atoms with E-state index in [1.807, 2.05) is 45.0 Å². The van der Waals surface area contributed by atoms with Gasteiger partial charge in [-0.2, -0.15) is 0 Å². The van der Waals surface area contributed by atoms with Crippen molar-refractivity contribution in [1.82, 2.24) is 4.90 Å². The van der Waals surface area contributed by atoms with Gasteiger partial charge >= 0.3 is 0 Å². The molecule has 128 valence electrons. The van der Waals surface area contributed by atoms with Crippen molar-refractivity contribution in [1.29, 1.82) is 0 Å². The Bertz CT molecular complexity index is 668. The largest absolute Gasteiger partial charge is 0.339 e. The highest BCUT2D eigenvalue weighted by molar-refractivity contribution is 7.91. The Morgan fingerprint density at radius 1 is 1.30 bits per heavy atom. The third-order valence-electron chi connectivity index (χ3n) is 4.53. The molecule has 2 rings (SSSR count). The van der Waals surface area contributed by atoms with Crippen molar-refractivity contribution < 1.29 is 13.2 Å². The van der Waals surface area contributed by atoms with E-state index in [0.717, 1.165) is 5.56 Å². The number of amides is 1. The first kappa shape index (κ1) is 18.3. The zero-order valence-corrected chi connectivity index (χ0v) is 15.5. The van der Waals surface area contributed by atoms with Crippen LogP contribution in [0.4, 0.5) is 0 Å². The molecule has 1 aliphatic rings. The van der Waals surface area contributed by atoms with Gasteiger partial charge in [-0.3, -0.25) is 4.79 Å². The van der Waals surface area contributed by atoms with E-state index in [1.54, 1.807) is 4.90 Å². The van der Waals surface area contributed by atoms with E-state index in [9.17, 15) is 13.2 Å². The number of benzene rings is 1. The van der Waals surface area contributed by atoms with Gasteiger partial charge < -0.3 is 4.90 Å². The highest BCUT2D eigenvalue weighted by atomic mass is 35.5. The second kappa shape index (κ2) is 6.81. The average molecular weight is 358 g/mol. The summed E-state index contributed by atoms with van der Waals surface area (Å²) in [4.78, 5) is 14.5. The summed E-state index contributed by atoms with van der Waals surface area (Å²) in [5.41, 5.74) is 0.720. The van der Waals surface area contributed by atoms with Crippen molar-refractivity contribution in [3.63, 3.8) is 0 Å². The molecule has 0 spiro atoms. The van der Waals surface area contributed by atoms with Crippen molar-refractivity contribution in [2.24, 2.45) is 0 Å². The zero-order chi connectivity index (χ0) is 17.3. The van der Waals surface area contributed by atoms with Crippen LogP contribution in [0.1, 0.15) is 39.2 Å². The highest BCUT2D eigenvalue weighted by Gasteiger charge is 2.35. The second-order valence-electron chi connectivity index (χ2n) is 6.80. The summed E-state index contributed by atoms with van der Waals surface area (Å²) in [6.07, 6.45) is 0.891. The monoisotopic (exact) mass is 357 g/mol. The fourth-order valence-corrected chi connectivity index (χ4v) is 5.00. The van der Waals surface area contributed by atoms with Crippen molar-refractivity contribution in [3.8, 4) is 0 Å². The maximum Gasteiger partial charge on any atom is 0.223 e. The Labute approximate surface area is 143 Å². The summed E-state index contributed by atoms with van der Waals surface area (Å²) in [7, 11) is -2.99. The molecule has 1 saturated heterocycles. The van der Waals surface area contributed by atoms with E-state index in [1.165, 1.54) is 0 Å². The lowest BCUT2D eigenvalue weighted by Crippen LogP contribution is -2.43. The standard InChI is InChI=1S/C17H24ClNO3S/c1-4-19(15-9-10-23(21,22)12-15)16(20)11-17(2,3)13-5-7-14(18)8-6-13/h5-8,15H,4,9-12H2,1-3H3. The Morgan fingerprint density at radius 3 is 2.39 bits per heavy atom. The maximum absolute atomic E-state index is 12.7. The van der Waals surface area contributed by atoms with Gasteiger partial charge in [-0.1, -0.05) is 37.6 Å².